The Bertz CT molecular complexity index is 1780. The number of anilines is 1. The van der Waals surface area contributed by atoms with Gasteiger partial charge in [-0.05, 0) is 30.7 Å². The first-order valence-electron chi connectivity index (χ1n) is 12.2. The second-order valence-electron chi connectivity index (χ2n) is 8.75. The second kappa shape index (κ2) is 9.77. The van der Waals surface area contributed by atoms with Gasteiger partial charge in [0.15, 0.2) is 11.5 Å². The smallest absolute Gasteiger partial charge is 0.224 e. The molecule has 6 rings (SSSR count). The summed E-state index contributed by atoms with van der Waals surface area (Å²) < 4.78 is 16.0. The summed E-state index contributed by atoms with van der Waals surface area (Å²) in [5, 5.41) is 10.1. The highest BCUT2D eigenvalue weighted by molar-refractivity contribution is 5.96. The number of nitrogens with zero attached hydrogens (tertiary/aromatic N) is 6. The van der Waals surface area contributed by atoms with E-state index >= 15 is 4.39 Å². The third-order valence-corrected chi connectivity index (χ3v) is 6.15. The normalized spacial score (nSPS) is 11.3. The van der Waals surface area contributed by atoms with Gasteiger partial charge in [0.25, 0.3) is 0 Å². The number of carbonyl (C=O) groups excluding carboxylic acids is 1. The molecule has 6 aromatic heterocycles. The molecule has 0 aliphatic heterocycles. The summed E-state index contributed by atoms with van der Waals surface area (Å²) in [4.78, 5) is 37.5. The van der Waals surface area contributed by atoms with Gasteiger partial charge >= 0.3 is 0 Å². The van der Waals surface area contributed by atoms with Crippen molar-refractivity contribution in [1.29, 1.82) is 0 Å². The van der Waals surface area contributed by atoms with Gasteiger partial charge in [0.1, 0.15) is 22.7 Å². The highest BCUT2D eigenvalue weighted by Gasteiger charge is 2.22. The standard InChI is InChI=1S/C27H22FN9O/c1-2-3-7-20(38)33-16-11-15(12-29-13-16)17-14-32-26-21(22(17)28)25(36-37-26)27-34-19-8-10-31-23(24(19)35-27)18-6-4-5-9-30-18/h4-6,8-14H,2-3,7H2,1H3,(H,33,38)(H,34,35)(H,32,36,37). The molecule has 1 amide bonds. The molecule has 188 valence electrons. The van der Waals surface area contributed by atoms with Crippen molar-refractivity contribution >= 4 is 33.7 Å². The van der Waals surface area contributed by atoms with Gasteiger partial charge in [-0.2, -0.15) is 5.10 Å². The summed E-state index contributed by atoms with van der Waals surface area (Å²) in [6, 6.07) is 9.02. The van der Waals surface area contributed by atoms with Gasteiger partial charge in [0.05, 0.1) is 28.5 Å². The Morgan fingerprint density at radius 3 is 2.82 bits per heavy atom. The maximum absolute atomic E-state index is 16.0. The van der Waals surface area contributed by atoms with Crippen LogP contribution in [0.4, 0.5) is 10.1 Å². The number of aromatic amines is 2. The first-order valence-corrected chi connectivity index (χ1v) is 12.2. The molecule has 0 bridgehead atoms. The Hall–Kier alpha value is -5.06. The van der Waals surface area contributed by atoms with Crippen LogP contribution in [0.1, 0.15) is 26.2 Å². The molecule has 0 saturated heterocycles. The number of fused-ring (bicyclic) bond motifs is 2. The molecule has 6 aromatic rings. The van der Waals surface area contributed by atoms with Gasteiger partial charge < -0.3 is 10.3 Å². The Balaban J connectivity index is 1.41. The average Bonchev–Trinajstić information content (AvgIpc) is 3.57. The second-order valence-corrected chi connectivity index (χ2v) is 8.75. The summed E-state index contributed by atoms with van der Waals surface area (Å²) in [6.07, 6.45) is 9.95. The van der Waals surface area contributed by atoms with Gasteiger partial charge in [-0.15, -0.1) is 0 Å². The van der Waals surface area contributed by atoms with Crippen LogP contribution < -0.4 is 5.32 Å². The molecule has 0 saturated carbocycles. The van der Waals surface area contributed by atoms with E-state index in [0.29, 0.717) is 45.9 Å². The molecule has 6 heterocycles. The fraction of sp³-hybridized carbons (Fsp3) is 0.148. The van der Waals surface area contributed by atoms with Crippen molar-refractivity contribution in [3.8, 4) is 34.0 Å². The highest BCUT2D eigenvalue weighted by Crippen LogP contribution is 2.34. The number of aromatic nitrogens is 8. The minimum atomic E-state index is -0.529. The molecule has 0 atom stereocenters. The van der Waals surface area contributed by atoms with E-state index in [0.717, 1.165) is 12.8 Å². The van der Waals surface area contributed by atoms with Crippen molar-refractivity contribution in [2.24, 2.45) is 0 Å². The van der Waals surface area contributed by atoms with Crippen LogP contribution in [0, 0.1) is 5.82 Å². The van der Waals surface area contributed by atoms with E-state index in [1.54, 1.807) is 24.5 Å². The lowest BCUT2D eigenvalue weighted by atomic mass is 10.1. The molecule has 11 heteroatoms. The lowest BCUT2D eigenvalue weighted by Crippen LogP contribution is -2.11. The van der Waals surface area contributed by atoms with Gasteiger partial charge in [0, 0.05) is 42.3 Å². The molecule has 0 aliphatic rings. The molecular formula is C27H22FN9O. The number of unbranched alkanes of at least 4 members (excludes halogenated alkanes) is 1. The molecule has 0 radical (unpaired) electrons. The van der Waals surface area contributed by atoms with E-state index < -0.39 is 5.82 Å². The number of nitrogens with one attached hydrogen (secondary N) is 3. The lowest BCUT2D eigenvalue weighted by molar-refractivity contribution is -0.116. The third kappa shape index (κ3) is 4.23. The zero-order valence-electron chi connectivity index (χ0n) is 20.4. The largest absolute Gasteiger partial charge is 0.336 e. The molecule has 3 N–H and O–H groups in total. The molecule has 0 fully saturated rings. The minimum Gasteiger partial charge on any atom is -0.336 e. The van der Waals surface area contributed by atoms with Crippen LogP contribution in [-0.4, -0.2) is 46.0 Å². The van der Waals surface area contributed by atoms with Crippen LogP contribution in [0.5, 0.6) is 0 Å². The molecular weight excluding hydrogens is 485 g/mol. The van der Waals surface area contributed by atoms with Crippen molar-refractivity contribution in [1.82, 2.24) is 40.1 Å². The van der Waals surface area contributed by atoms with Gasteiger partial charge in [-0.1, -0.05) is 19.4 Å². The SMILES string of the molecule is CCCCC(=O)Nc1cncc(-c2cnc3[nH]nc(-c4nc5c(-c6ccccn6)nccc5[nH]4)c3c2F)c1. The minimum absolute atomic E-state index is 0.110. The summed E-state index contributed by atoms with van der Waals surface area (Å²) in [6.45, 7) is 2.02. The van der Waals surface area contributed by atoms with Crippen LogP contribution in [0.15, 0.2) is 61.3 Å². The third-order valence-electron chi connectivity index (χ3n) is 6.15. The van der Waals surface area contributed by atoms with E-state index in [2.05, 4.69) is 40.4 Å². The number of rotatable bonds is 7. The number of halogens is 1. The van der Waals surface area contributed by atoms with Crippen molar-refractivity contribution in [2.45, 2.75) is 26.2 Å². The Labute approximate surface area is 215 Å². The van der Waals surface area contributed by atoms with Crippen LogP contribution in [0.3, 0.4) is 0 Å². The van der Waals surface area contributed by atoms with Crippen molar-refractivity contribution < 1.29 is 9.18 Å². The fourth-order valence-electron chi connectivity index (χ4n) is 4.28. The number of carbonyl (C=O) groups is 1. The number of H-pyrrole nitrogens is 2. The summed E-state index contributed by atoms with van der Waals surface area (Å²) in [5.41, 5.74) is 4.34. The monoisotopic (exact) mass is 507 g/mol. The molecule has 0 unspecified atom stereocenters. The topological polar surface area (TPSA) is 138 Å². The lowest BCUT2D eigenvalue weighted by Gasteiger charge is -2.08. The van der Waals surface area contributed by atoms with E-state index in [-0.39, 0.29) is 28.2 Å². The van der Waals surface area contributed by atoms with Crippen LogP contribution in [0.25, 0.3) is 56.1 Å². The summed E-state index contributed by atoms with van der Waals surface area (Å²) >= 11 is 0. The number of amides is 1. The number of hydrogen-bond donors (Lipinski definition) is 3. The maximum atomic E-state index is 16.0. The number of pyridine rings is 4. The average molecular weight is 508 g/mol. The van der Waals surface area contributed by atoms with Gasteiger partial charge in [0.2, 0.25) is 5.91 Å². The first kappa shape index (κ1) is 23.3. The fourth-order valence-corrected chi connectivity index (χ4v) is 4.28. The highest BCUT2D eigenvalue weighted by atomic mass is 19.1. The predicted octanol–water partition coefficient (Wildman–Crippen LogP) is 5.29. The van der Waals surface area contributed by atoms with Crippen molar-refractivity contribution in [3.63, 3.8) is 0 Å². The summed E-state index contributed by atoms with van der Waals surface area (Å²) in [5.74, 6) is -0.274. The van der Waals surface area contributed by atoms with Crippen molar-refractivity contribution in [3.05, 3.63) is 67.1 Å². The molecule has 0 spiro atoms. The first-order chi connectivity index (χ1) is 18.6. The zero-order valence-corrected chi connectivity index (χ0v) is 20.4. The Morgan fingerprint density at radius 2 is 1.97 bits per heavy atom. The van der Waals surface area contributed by atoms with Crippen molar-refractivity contribution in [2.75, 3.05) is 5.32 Å². The van der Waals surface area contributed by atoms with Crippen LogP contribution in [-0.2, 0) is 4.79 Å². The maximum Gasteiger partial charge on any atom is 0.224 e. The van der Waals surface area contributed by atoms with E-state index in [1.807, 2.05) is 25.1 Å². The molecule has 10 nitrogen and oxygen atoms in total. The zero-order chi connectivity index (χ0) is 26.1. The van der Waals surface area contributed by atoms with E-state index in [9.17, 15) is 4.79 Å². The Morgan fingerprint density at radius 1 is 1.05 bits per heavy atom. The van der Waals surface area contributed by atoms with Crippen LogP contribution >= 0.6 is 0 Å². The molecule has 38 heavy (non-hydrogen) atoms. The van der Waals surface area contributed by atoms with Gasteiger partial charge in [-0.3, -0.25) is 24.8 Å². The van der Waals surface area contributed by atoms with E-state index in [1.165, 1.54) is 18.6 Å². The summed E-state index contributed by atoms with van der Waals surface area (Å²) in [7, 11) is 0. The van der Waals surface area contributed by atoms with Gasteiger partial charge in [-0.25, -0.2) is 14.4 Å². The molecule has 0 aromatic carbocycles. The number of hydrogen-bond acceptors (Lipinski definition) is 7. The van der Waals surface area contributed by atoms with E-state index in [4.69, 9.17) is 4.98 Å². The van der Waals surface area contributed by atoms with Crippen LogP contribution in [0.2, 0.25) is 0 Å². The predicted molar refractivity (Wildman–Crippen MR) is 141 cm³/mol. The Kier molecular flexibility index (Phi) is 6.00. The quantitative estimate of drug-likeness (QED) is 0.267. The molecule has 0 aliphatic carbocycles. The number of imidazole rings is 1.